The molecule has 0 atom stereocenters. The molecule has 0 unspecified atom stereocenters. The minimum Gasteiger partial charge on any atom is -0.351 e. The highest BCUT2D eigenvalue weighted by Gasteiger charge is 2.13. The Kier molecular flexibility index (Phi) is 6.79. The third kappa shape index (κ3) is 6.03. The summed E-state index contributed by atoms with van der Waals surface area (Å²) in [6.45, 7) is 4.73. The molecule has 1 heterocycles. The van der Waals surface area contributed by atoms with E-state index in [0.29, 0.717) is 28.2 Å². The van der Waals surface area contributed by atoms with Crippen molar-refractivity contribution in [1.29, 1.82) is 0 Å². The van der Waals surface area contributed by atoms with Crippen LogP contribution in [0.5, 0.6) is 0 Å². The number of hydrogen-bond acceptors (Lipinski definition) is 3. The molecule has 0 aliphatic rings. The summed E-state index contributed by atoms with van der Waals surface area (Å²) < 4.78 is 0. The number of anilines is 1. The van der Waals surface area contributed by atoms with Crippen LogP contribution < -0.4 is 10.6 Å². The lowest BCUT2D eigenvalue weighted by Crippen LogP contribution is -2.27. The van der Waals surface area contributed by atoms with E-state index in [1.807, 2.05) is 0 Å². The number of carbonyl (C=O) groups excluding carboxylic acids is 2. The number of nitrogens with zero attached hydrogens (tertiary/aromatic N) is 1. The number of amides is 2. The third-order valence-electron chi connectivity index (χ3n) is 3.34. The van der Waals surface area contributed by atoms with Crippen molar-refractivity contribution in [2.75, 3.05) is 11.9 Å². The maximum absolute atomic E-state index is 12.3. The van der Waals surface area contributed by atoms with Gasteiger partial charge in [-0.15, -0.1) is 0 Å². The smallest absolute Gasteiger partial charge is 0.274 e. The van der Waals surface area contributed by atoms with Gasteiger partial charge in [0.05, 0.1) is 0 Å². The molecule has 1 aromatic carbocycles. The summed E-state index contributed by atoms with van der Waals surface area (Å²) in [5, 5.41) is 6.28. The van der Waals surface area contributed by atoms with Gasteiger partial charge in [0.25, 0.3) is 11.8 Å². The standard InChI is InChI=1S/C18H19Cl2N3O2/c1-11(2)6-7-21-17(24)15-4-3-5-16(23-15)18(25)22-14-9-12(19)8-13(20)10-14/h3-5,8-11H,6-7H2,1-2H3,(H,21,24)(H,22,25). The minimum atomic E-state index is -0.449. The van der Waals surface area contributed by atoms with Crippen LogP contribution in [-0.4, -0.2) is 23.3 Å². The van der Waals surface area contributed by atoms with Gasteiger partial charge in [0.15, 0.2) is 0 Å². The molecule has 0 bridgehead atoms. The highest BCUT2D eigenvalue weighted by atomic mass is 35.5. The fourth-order valence-corrected chi connectivity index (χ4v) is 2.60. The summed E-state index contributed by atoms with van der Waals surface area (Å²) in [4.78, 5) is 28.6. The maximum atomic E-state index is 12.3. The van der Waals surface area contributed by atoms with Crippen molar-refractivity contribution in [3.05, 3.63) is 57.8 Å². The summed E-state index contributed by atoms with van der Waals surface area (Å²) in [5.74, 6) is -0.258. The van der Waals surface area contributed by atoms with Crippen molar-refractivity contribution >= 4 is 40.7 Å². The number of halogens is 2. The van der Waals surface area contributed by atoms with Crippen molar-refractivity contribution in [2.24, 2.45) is 5.92 Å². The molecule has 0 saturated carbocycles. The minimum absolute atomic E-state index is 0.132. The Morgan fingerprint density at radius 3 is 2.24 bits per heavy atom. The third-order valence-corrected chi connectivity index (χ3v) is 3.78. The van der Waals surface area contributed by atoms with Crippen LogP contribution in [0.3, 0.4) is 0 Å². The van der Waals surface area contributed by atoms with Gasteiger partial charge < -0.3 is 10.6 Å². The number of aromatic nitrogens is 1. The highest BCUT2D eigenvalue weighted by molar-refractivity contribution is 6.35. The highest BCUT2D eigenvalue weighted by Crippen LogP contribution is 2.22. The van der Waals surface area contributed by atoms with Crippen LogP contribution in [0, 0.1) is 5.92 Å². The van der Waals surface area contributed by atoms with Crippen molar-refractivity contribution < 1.29 is 9.59 Å². The molecule has 2 rings (SSSR count). The summed E-state index contributed by atoms with van der Waals surface area (Å²) in [5.41, 5.74) is 0.782. The Labute approximate surface area is 156 Å². The Balaban J connectivity index is 2.06. The first-order valence-electron chi connectivity index (χ1n) is 7.88. The number of benzene rings is 1. The predicted molar refractivity (Wildman–Crippen MR) is 100 cm³/mol. The topological polar surface area (TPSA) is 71.1 Å². The lowest BCUT2D eigenvalue weighted by atomic mass is 10.1. The van der Waals surface area contributed by atoms with E-state index in [9.17, 15) is 9.59 Å². The van der Waals surface area contributed by atoms with E-state index in [0.717, 1.165) is 6.42 Å². The van der Waals surface area contributed by atoms with E-state index in [4.69, 9.17) is 23.2 Å². The summed E-state index contributed by atoms with van der Waals surface area (Å²) >= 11 is 11.8. The second kappa shape index (κ2) is 8.83. The van der Waals surface area contributed by atoms with Gasteiger partial charge in [0.2, 0.25) is 0 Å². The summed E-state index contributed by atoms with van der Waals surface area (Å²) in [6.07, 6.45) is 0.876. The van der Waals surface area contributed by atoms with Gasteiger partial charge in [0, 0.05) is 22.3 Å². The van der Waals surface area contributed by atoms with Gasteiger partial charge in [-0.2, -0.15) is 0 Å². The summed E-state index contributed by atoms with van der Waals surface area (Å²) in [6, 6.07) is 9.44. The van der Waals surface area contributed by atoms with E-state index in [1.165, 1.54) is 6.07 Å². The first-order valence-corrected chi connectivity index (χ1v) is 8.63. The molecule has 2 amide bonds. The molecule has 25 heavy (non-hydrogen) atoms. The van der Waals surface area contributed by atoms with Gasteiger partial charge >= 0.3 is 0 Å². The maximum Gasteiger partial charge on any atom is 0.274 e. The average molecular weight is 380 g/mol. The number of rotatable bonds is 6. The molecular weight excluding hydrogens is 361 g/mol. The van der Waals surface area contributed by atoms with Crippen LogP contribution in [-0.2, 0) is 0 Å². The van der Waals surface area contributed by atoms with Crippen molar-refractivity contribution in [3.8, 4) is 0 Å². The van der Waals surface area contributed by atoms with Gasteiger partial charge in [-0.05, 0) is 42.7 Å². The zero-order valence-electron chi connectivity index (χ0n) is 14.0. The van der Waals surface area contributed by atoms with Crippen molar-refractivity contribution in [2.45, 2.75) is 20.3 Å². The number of nitrogens with one attached hydrogen (secondary N) is 2. The number of hydrogen-bond donors (Lipinski definition) is 2. The van der Waals surface area contributed by atoms with E-state index in [-0.39, 0.29) is 17.3 Å². The second-order valence-corrected chi connectivity index (χ2v) is 6.83. The molecule has 0 radical (unpaired) electrons. The quantitative estimate of drug-likeness (QED) is 0.780. The number of carbonyl (C=O) groups is 2. The van der Waals surface area contributed by atoms with Crippen molar-refractivity contribution in [1.82, 2.24) is 10.3 Å². The van der Waals surface area contributed by atoms with Crippen LogP contribution in [0.1, 0.15) is 41.2 Å². The van der Waals surface area contributed by atoms with Gasteiger partial charge in [-0.25, -0.2) is 4.98 Å². The second-order valence-electron chi connectivity index (χ2n) is 5.96. The monoisotopic (exact) mass is 379 g/mol. The van der Waals surface area contributed by atoms with Gasteiger partial charge in [-0.1, -0.05) is 43.1 Å². The van der Waals surface area contributed by atoms with Gasteiger partial charge in [0.1, 0.15) is 11.4 Å². The molecule has 0 aliphatic heterocycles. The van der Waals surface area contributed by atoms with Crippen LogP contribution in [0.2, 0.25) is 10.0 Å². The molecule has 0 aliphatic carbocycles. The zero-order valence-corrected chi connectivity index (χ0v) is 15.5. The first kappa shape index (κ1) is 19.2. The Hall–Kier alpha value is -2.11. The van der Waals surface area contributed by atoms with Crippen molar-refractivity contribution in [3.63, 3.8) is 0 Å². The molecule has 0 spiro atoms. The van der Waals surface area contributed by atoms with Crippen LogP contribution in [0.4, 0.5) is 5.69 Å². The molecule has 0 saturated heterocycles. The Morgan fingerprint density at radius 1 is 1.04 bits per heavy atom. The average Bonchev–Trinajstić information content (AvgIpc) is 2.53. The van der Waals surface area contributed by atoms with Crippen LogP contribution >= 0.6 is 23.2 Å². The van der Waals surface area contributed by atoms with E-state index < -0.39 is 5.91 Å². The number of pyridine rings is 1. The largest absolute Gasteiger partial charge is 0.351 e. The normalized spacial score (nSPS) is 10.6. The van der Waals surface area contributed by atoms with Gasteiger partial charge in [-0.3, -0.25) is 9.59 Å². The van der Waals surface area contributed by atoms with E-state index in [2.05, 4.69) is 29.5 Å². The van der Waals surface area contributed by atoms with E-state index >= 15 is 0 Å². The lowest BCUT2D eigenvalue weighted by Gasteiger charge is -2.09. The molecule has 0 fully saturated rings. The molecule has 2 N–H and O–H groups in total. The SMILES string of the molecule is CC(C)CCNC(=O)c1cccc(C(=O)Nc2cc(Cl)cc(Cl)c2)n1. The predicted octanol–water partition coefficient (Wildman–Crippen LogP) is 4.42. The van der Waals surface area contributed by atoms with Crippen LogP contribution in [0.15, 0.2) is 36.4 Å². The van der Waals surface area contributed by atoms with E-state index in [1.54, 1.807) is 30.3 Å². The molecule has 132 valence electrons. The zero-order chi connectivity index (χ0) is 18.4. The molecule has 2 aromatic rings. The molecule has 1 aromatic heterocycles. The summed E-state index contributed by atoms with van der Waals surface area (Å²) in [7, 11) is 0. The Bertz CT molecular complexity index is 758. The molecule has 5 nitrogen and oxygen atoms in total. The first-order chi connectivity index (χ1) is 11.8. The van der Waals surface area contributed by atoms with Crippen LogP contribution in [0.25, 0.3) is 0 Å². The molecular formula is C18H19Cl2N3O2. The Morgan fingerprint density at radius 2 is 1.64 bits per heavy atom. The fraction of sp³-hybridized carbons (Fsp3) is 0.278. The lowest BCUT2D eigenvalue weighted by molar-refractivity contribution is 0.0947. The molecule has 7 heteroatoms. The fourth-order valence-electron chi connectivity index (χ4n) is 2.07.